The average Bonchev–Trinajstić information content (AvgIpc) is 3.18. The zero-order valence-corrected chi connectivity index (χ0v) is 15.1. The lowest BCUT2D eigenvalue weighted by atomic mass is 9.79. The van der Waals surface area contributed by atoms with Gasteiger partial charge in [0.05, 0.1) is 10.3 Å². The van der Waals surface area contributed by atoms with Gasteiger partial charge in [-0.05, 0) is 25.3 Å². The largest absolute Gasteiger partial charge is 0.457 e. The molecule has 2 aromatic carbocycles. The van der Waals surface area contributed by atoms with Crippen molar-refractivity contribution in [3.05, 3.63) is 75.3 Å². The Morgan fingerprint density at radius 2 is 1.78 bits per heavy atom. The van der Waals surface area contributed by atoms with Crippen LogP contribution in [0.4, 0.5) is 5.69 Å². The van der Waals surface area contributed by atoms with Gasteiger partial charge in [-0.25, -0.2) is 0 Å². The van der Waals surface area contributed by atoms with Crippen LogP contribution in [-0.4, -0.2) is 23.3 Å². The lowest BCUT2D eigenvalue weighted by molar-refractivity contribution is -0.385. The van der Waals surface area contributed by atoms with Crippen LogP contribution in [-0.2, 0) is 14.9 Å². The molecule has 0 spiro atoms. The monoisotopic (exact) mass is 367 g/mol. The van der Waals surface area contributed by atoms with Crippen LogP contribution in [0, 0.1) is 17.0 Å². The number of nitrogens with zero attached hydrogens (tertiary/aromatic N) is 1. The topological polar surface area (TPSA) is 86.5 Å². The van der Waals surface area contributed by atoms with Gasteiger partial charge in [-0.2, -0.15) is 0 Å². The molecule has 3 rings (SSSR count). The molecule has 140 valence electrons. The Kier molecular flexibility index (Phi) is 5.35. The van der Waals surface area contributed by atoms with Gasteiger partial charge in [-0.1, -0.05) is 55.3 Å². The summed E-state index contributed by atoms with van der Waals surface area (Å²) in [4.78, 5) is 35.8. The molecule has 0 aliphatic heterocycles. The summed E-state index contributed by atoms with van der Waals surface area (Å²) in [5, 5.41) is 11.0. The third-order valence-corrected chi connectivity index (χ3v) is 5.24. The fraction of sp³-hybridized carbons (Fsp3) is 0.333. The molecule has 0 heterocycles. The van der Waals surface area contributed by atoms with Crippen molar-refractivity contribution in [2.45, 2.75) is 38.0 Å². The number of ether oxygens (including phenoxy) is 1. The van der Waals surface area contributed by atoms with Gasteiger partial charge in [0.2, 0.25) is 5.78 Å². The molecular formula is C21H21NO5. The van der Waals surface area contributed by atoms with Crippen LogP contribution in [0.25, 0.3) is 0 Å². The average molecular weight is 367 g/mol. The first-order chi connectivity index (χ1) is 12.9. The van der Waals surface area contributed by atoms with E-state index in [0.29, 0.717) is 18.4 Å². The molecule has 1 saturated carbocycles. The number of aryl methyl sites for hydroxylation is 1. The number of carbonyl (C=O) groups excluding carboxylic acids is 2. The third kappa shape index (κ3) is 3.74. The summed E-state index contributed by atoms with van der Waals surface area (Å²) in [5.74, 6) is -0.853. The summed E-state index contributed by atoms with van der Waals surface area (Å²) in [7, 11) is 0. The van der Waals surface area contributed by atoms with E-state index >= 15 is 0 Å². The Bertz CT molecular complexity index is 869. The summed E-state index contributed by atoms with van der Waals surface area (Å²) in [6.45, 7) is 1.18. The molecule has 0 amide bonds. The van der Waals surface area contributed by atoms with E-state index in [1.165, 1.54) is 18.2 Å². The Morgan fingerprint density at radius 3 is 2.41 bits per heavy atom. The number of nitro groups is 1. The molecule has 0 bridgehead atoms. The summed E-state index contributed by atoms with van der Waals surface area (Å²) < 4.78 is 5.37. The summed E-state index contributed by atoms with van der Waals surface area (Å²) in [6, 6.07) is 13.8. The van der Waals surface area contributed by atoms with Gasteiger partial charge in [-0.3, -0.25) is 19.7 Å². The standard InChI is InChI=1S/C21H21NO5/c1-15-9-10-16(13-18(15)22(25)26)19(23)14-27-20(24)21(11-5-6-12-21)17-7-3-2-4-8-17/h2-4,7-10,13H,5-6,11-12,14H2,1H3. The molecule has 27 heavy (non-hydrogen) atoms. The van der Waals surface area contributed by atoms with Crippen LogP contribution >= 0.6 is 0 Å². The Morgan fingerprint density at radius 1 is 1.11 bits per heavy atom. The number of carbonyl (C=O) groups is 2. The van der Waals surface area contributed by atoms with Crippen LogP contribution < -0.4 is 0 Å². The van der Waals surface area contributed by atoms with Crippen LogP contribution in [0.15, 0.2) is 48.5 Å². The molecule has 0 saturated heterocycles. The lowest BCUT2D eigenvalue weighted by Crippen LogP contribution is -2.35. The van der Waals surface area contributed by atoms with Crippen molar-refractivity contribution in [3.8, 4) is 0 Å². The van der Waals surface area contributed by atoms with Crippen molar-refractivity contribution in [1.82, 2.24) is 0 Å². The van der Waals surface area contributed by atoms with E-state index in [2.05, 4.69) is 0 Å². The van der Waals surface area contributed by atoms with E-state index in [9.17, 15) is 19.7 Å². The van der Waals surface area contributed by atoms with Gasteiger partial charge >= 0.3 is 5.97 Å². The van der Waals surface area contributed by atoms with E-state index in [4.69, 9.17) is 4.74 Å². The van der Waals surface area contributed by atoms with Crippen molar-refractivity contribution >= 4 is 17.4 Å². The predicted molar refractivity (Wildman–Crippen MR) is 99.7 cm³/mol. The minimum Gasteiger partial charge on any atom is -0.457 e. The van der Waals surface area contributed by atoms with Crippen LogP contribution in [0.1, 0.15) is 47.2 Å². The van der Waals surface area contributed by atoms with E-state index in [0.717, 1.165) is 18.4 Å². The molecule has 0 atom stereocenters. The molecule has 1 aliphatic carbocycles. The van der Waals surface area contributed by atoms with Crippen LogP contribution in [0.5, 0.6) is 0 Å². The highest BCUT2D eigenvalue weighted by Crippen LogP contribution is 2.42. The Hall–Kier alpha value is -3.02. The van der Waals surface area contributed by atoms with E-state index in [-0.39, 0.29) is 11.3 Å². The molecule has 0 radical (unpaired) electrons. The molecule has 1 fully saturated rings. The van der Waals surface area contributed by atoms with Crippen LogP contribution in [0.3, 0.4) is 0 Å². The molecule has 6 heteroatoms. The highest BCUT2D eigenvalue weighted by atomic mass is 16.6. The van der Waals surface area contributed by atoms with Gasteiger partial charge in [0.15, 0.2) is 6.61 Å². The highest BCUT2D eigenvalue weighted by Gasteiger charge is 2.44. The minimum atomic E-state index is -0.708. The smallest absolute Gasteiger partial charge is 0.317 e. The first kappa shape index (κ1) is 18.8. The number of nitro benzene ring substituents is 1. The molecule has 0 unspecified atom stereocenters. The summed E-state index contributed by atoms with van der Waals surface area (Å²) in [5.41, 5.74) is 0.721. The van der Waals surface area contributed by atoms with Crippen molar-refractivity contribution in [3.63, 3.8) is 0 Å². The summed E-state index contributed by atoms with van der Waals surface area (Å²) >= 11 is 0. The molecule has 6 nitrogen and oxygen atoms in total. The number of Topliss-reactive ketones (excluding diaryl/α,β-unsaturated/α-hetero) is 1. The predicted octanol–water partition coefficient (Wildman–Crippen LogP) is 4.14. The number of esters is 1. The van der Waals surface area contributed by atoms with Gasteiger partial charge in [0.25, 0.3) is 5.69 Å². The molecule has 0 N–H and O–H groups in total. The lowest BCUT2D eigenvalue weighted by Gasteiger charge is -2.27. The van der Waals surface area contributed by atoms with E-state index in [1.54, 1.807) is 6.92 Å². The number of hydrogen-bond donors (Lipinski definition) is 0. The number of ketones is 1. The first-order valence-electron chi connectivity index (χ1n) is 8.95. The van der Waals surface area contributed by atoms with Crippen molar-refractivity contribution in [2.24, 2.45) is 0 Å². The molecular weight excluding hydrogens is 346 g/mol. The van der Waals surface area contributed by atoms with E-state index in [1.807, 2.05) is 30.3 Å². The SMILES string of the molecule is Cc1ccc(C(=O)COC(=O)C2(c3ccccc3)CCCC2)cc1[N+](=O)[O-]. The molecule has 1 aliphatic rings. The number of hydrogen-bond acceptors (Lipinski definition) is 5. The summed E-state index contributed by atoms with van der Waals surface area (Å²) in [6.07, 6.45) is 3.25. The van der Waals surface area contributed by atoms with Gasteiger partial charge < -0.3 is 4.74 Å². The first-order valence-corrected chi connectivity index (χ1v) is 8.95. The minimum absolute atomic E-state index is 0.122. The quantitative estimate of drug-likeness (QED) is 0.331. The third-order valence-electron chi connectivity index (χ3n) is 5.24. The fourth-order valence-electron chi connectivity index (χ4n) is 3.68. The van der Waals surface area contributed by atoms with Crippen molar-refractivity contribution in [2.75, 3.05) is 6.61 Å². The maximum absolute atomic E-state index is 12.9. The zero-order valence-electron chi connectivity index (χ0n) is 15.1. The second-order valence-electron chi connectivity index (χ2n) is 6.91. The zero-order chi connectivity index (χ0) is 19.4. The maximum Gasteiger partial charge on any atom is 0.317 e. The maximum atomic E-state index is 12.9. The Balaban J connectivity index is 1.74. The van der Waals surface area contributed by atoms with Crippen molar-refractivity contribution < 1.29 is 19.2 Å². The van der Waals surface area contributed by atoms with Crippen molar-refractivity contribution in [1.29, 1.82) is 0 Å². The highest BCUT2D eigenvalue weighted by molar-refractivity contribution is 5.99. The second kappa shape index (κ2) is 7.70. The van der Waals surface area contributed by atoms with E-state index < -0.39 is 28.7 Å². The van der Waals surface area contributed by atoms with Gasteiger partial charge in [0, 0.05) is 17.2 Å². The van der Waals surface area contributed by atoms with Crippen LogP contribution in [0.2, 0.25) is 0 Å². The van der Waals surface area contributed by atoms with Gasteiger partial charge in [-0.15, -0.1) is 0 Å². The van der Waals surface area contributed by atoms with Gasteiger partial charge in [0.1, 0.15) is 0 Å². The second-order valence-corrected chi connectivity index (χ2v) is 6.91. The fourth-order valence-corrected chi connectivity index (χ4v) is 3.68. The molecule has 0 aromatic heterocycles. The molecule has 2 aromatic rings. The normalized spacial score (nSPS) is 15.3. The Labute approximate surface area is 157 Å². The number of benzene rings is 2. The number of rotatable bonds is 6.